The van der Waals surface area contributed by atoms with Gasteiger partial charge in [-0.25, -0.2) is 4.78 Å². The molecule has 4 heavy (non-hydrogen) atoms. The van der Waals surface area contributed by atoms with Gasteiger partial charge in [0.2, 0.25) is 0 Å². The second-order valence-corrected chi connectivity index (χ2v) is 0. The Balaban J connectivity index is -0.00000000500. The zero-order valence-electron chi connectivity index (χ0n) is 0.908. The number of hydrogen-bond acceptors (Lipinski definition) is 2. The van der Waals surface area contributed by atoms with Gasteiger partial charge in [-0.1, -0.05) is 14.9 Å². The van der Waals surface area contributed by atoms with E-state index in [-0.39, 0.29) is 14.9 Å². The van der Waals surface area contributed by atoms with E-state index in [2.05, 4.69) is 12.4 Å². The summed E-state index contributed by atoms with van der Waals surface area (Å²) in [4.78, 5) is 0. The van der Waals surface area contributed by atoms with Gasteiger partial charge in [0, 0.05) is 12.4 Å². The van der Waals surface area contributed by atoms with Gasteiger partial charge in [-0.2, -0.15) is 0 Å². The average molecular weight is 79.2 g/mol. The van der Waals surface area contributed by atoms with Crippen LogP contribution < -0.4 is 0 Å². The van der Waals surface area contributed by atoms with Crippen LogP contribution in [0, 0.1) is 4.78 Å². The van der Waals surface area contributed by atoms with Gasteiger partial charge in [-0.15, -0.1) is 0 Å². The van der Waals surface area contributed by atoms with Crippen molar-refractivity contribution in [2.24, 2.45) is 0 Å². The molecule has 0 aromatic carbocycles. The lowest BCUT2D eigenvalue weighted by molar-refractivity contribution is 1.67. The monoisotopic (exact) mass is 79.0 g/mol. The van der Waals surface area contributed by atoms with Gasteiger partial charge < -0.3 is 0 Å². The van der Waals surface area contributed by atoms with Gasteiger partial charge in [-0.3, -0.25) is 0 Å². The summed E-state index contributed by atoms with van der Waals surface area (Å²) in [6.07, 6.45) is 0. The Labute approximate surface area is 33.0 Å². The van der Waals surface area contributed by atoms with Crippen LogP contribution in [-0.4, -0.2) is 0 Å². The lowest BCUT2D eigenvalue weighted by Crippen LogP contribution is -0.668. The molecule has 0 rings (SSSR count). The second kappa shape index (κ2) is 30800. The van der Waals surface area contributed by atoms with Crippen molar-refractivity contribution in [3.63, 3.8) is 0 Å². The highest BCUT2D eigenvalue weighted by Crippen LogP contribution is 0.749. The third-order valence-corrected chi connectivity index (χ3v) is 0. The van der Waals surface area contributed by atoms with Gasteiger partial charge >= 0.3 is 0 Å². The van der Waals surface area contributed by atoms with Crippen LogP contribution in [0.2, 0.25) is 0 Å². The molecule has 0 aliphatic rings. The van der Waals surface area contributed by atoms with Crippen molar-refractivity contribution in [1.82, 2.24) is 0 Å². The Morgan fingerprint density at radius 2 is 1.00 bits per heavy atom. The Morgan fingerprint density at radius 3 is 1.00 bits per heavy atom. The Kier molecular flexibility index (Phi) is 271000. The van der Waals surface area contributed by atoms with Crippen LogP contribution in [0.15, 0.2) is 0 Å². The third kappa shape index (κ3) is 5250. The molecule has 0 amide bonds. The number of nitrogens with one attached hydrogen (secondary N) is 1. The standard InChI is InChI=1S/2CH4.HNS/c;;1-2/h2*1H4;1H. The summed E-state index contributed by atoms with van der Waals surface area (Å²) in [7, 11) is 0. The maximum Gasteiger partial charge on any atom is 0.0324 e. The minimum Gasteiger partial charge on any atom is -0.235 e. The molecule has 0 spiro atoms. The maximum absolute atomic E-state index is 5.33. The van der Waals surface area contributed by atoms with E-state index in [1.54, 1.807) is 0 Å². The first-order valence-electron chi connectivity index (χ1n) is 0.204. The highest BCUT2D eigenvalue weighted by molar-refractivity contribution is 7.45. The molecule has 0 saturated heterocycles. The Bertz CT molecular complexity index is 6.00. The van der Waals surface area contributed by atoms with Crippen molar-refractivity contribution in [2.45, 2.75) is 14.9 Å². The van der Waals surface area contributed by atoms with Crippen LogP contribution in [0.25, 0.3) is 0 Å². The summed E-state index contributed by atoms with van der Waals surface area (Å²) in [5, 5.41) is 0. The summed E-state index contributed by atoms with van der Waals surface area (Å²) in [5.41, 5.74) is 0. The van der Waals surface area contributed by atoms with Gasteiger partial charge in [0.15, 0.2) is 0 Å². The maximum atomic E-state index is 5.33. The fourth-order valence-corrected chi connectivity index (χ4v) is 0. The highest BCUT2D eigenvalue weighted by atomic mass is 32.1. The molecule has 28 valence electrons. The minimum atomic E-state index is 0. The smallest absolute Gasteiger partial charge is 0.0324 e. The van der Waals surface area contributed by atoms with Crippen LogP contribution in [0.3, 0.4) is 0 Å². The van der Waals surface area contributed by atoms with Gasteiger partial charge in [-0.05, 0) is 0 Å². The van der Waals surface area contributed by atoms with Crippen molar-refractivity contribution in [3.05, 3.63) is 0 Å². The lowest BCUT2D eigenvalue weighted by Gasteiger charge is -0.821. The highest BCUT2D eigenvalue weighted by Gasteiger charge is 0.618. The predicted octanol–water partition coefficient (Wildman–Crippen LogP) is 1.57. The summed E-state index contributed by atoms with van der Waals surface area (Å²) >= 11 is 3.33. The lowest BCUT2D eigenvalue weighted by atomic mass is 12.0. The van der Waals surface area contributed by atoms with Gasteiger partial charge in [0.05, 0.1) is 0 Å². The van der Waals surface area contributed by atoms with Crippen molar-refractivity contribution >= 4 is 12.4 Å². The van der Waals surface area contributed by atoms with Crippen LogP contribution >= 0.6 is 0 Å². The van der Waals surface area contributed by atoms with Crippen molar-refractivity contribution in [1.29, 1.82) is 4.78 Å². The molecule has 0 atom stereocenters. The van der Waals surface area contributed by atoms with Crippen LogP contribution in [0.4, 0.5) is 0 Å². The van der Waals surface area contributed by atoms with Crippen LogP contribution in [0.5, 0.6) is 0 Å². The van der Waals surface area contributed by atoms with Crippen LogP contribution in [-0.2, 0) is 12.4 Å². The van der Waals surface area contributed by atoms with E-state index < -0.39 is 0 Å². The van der Waals surface area contributed by atoms with E-state index in [0.717, 1.165) is 0 Å². The third-order valence-electron chi connectivity index (χ3n) is 0. The first-order valence-corrected chi connectivity index (χ1v) is 0.612. The molecule has 0 radical (unpaired) electrons. The molecule has 2 heteroatoms. The molecular weight excluding hydrogens is 70.1 g/mol. The van der Waals surface area contributed by atoms with Crippen molar-refractivity contribution < 1.29 is 0 Å². The molecule has 0 saturated carbocycles. The van der Waals surface area contributed by atoms with Crippen LogP contribution in [0.1, 0.15) is 14.9 Å². The predicted molar refractivity (Wildman–Crippen MR) is 23.5 cm³/mol. The SMILES string of the molecule is C.C.N=S. The normalized spacial score (nSPS) is 1.00. The zero-order valence-corrected chi connectivity index (χ0v) is 1.72. The van der Waals surface area contributed by atoms with E-state index >= 15 is 0 Å². The summed E-state index contributed by atoms with van der Waals surface area (Å²) < 4.78 is 5.33. The first-order chi connectivity index (χ1) is 1.00. The summed E-state index contributed by atoms with van der Waals surface area (Å²) in [6.45, 7) is 0. The molecule has 0 fully saturated rings. The summed E-state index contributed by atoms with van der Waals surface area (Å²) in [5.74, 6) is 0. The molecule has 0 bridgehead atoms. The molecule has 1 nitrogen and oxygen atoms in total. The fourth-order valence-electron chi connectivity index (χ4n) is 0. The molecule has 0 heterocycles. The first kappa shape index (κ1) is 35.2. The molecule has 0 unspecified atom stereocenters. The fraction of sp³-hybridized carbons (Fsp3) is 1.00. The van der Waals surface area contributed by atoms with E-state index in [1.165, 1.54) is 0 Å². The van der Waals surface area contributed by atoms with E-state index in [1.807, 2.05) is 0 Å². The topological polar surface area (TPSA) is 23.9 Å². The molecule has 0 aliphatic carbocycles. The number of rotatable bonds is 0. The average Bonchev–Trinajstić information content (AvgIpc) is 1.00. The Morgan fingerprint density at radius 1 is 1.00 bits per heavy atom. The zero-order chi connectivity index (χ0) is 2.00. The quantitative estimate of drug-likeness (QED) is 0.468. The molecule has 1 N–H and O–H groups in total. The molecule has 0 aliphatic heterocycles. The second-order valence-electron chi connectivity index (χ2n) is 0. The molecular formula is C2H9NS. The van der Waals surface area contributed by atoms with Crippen molar-refractivity contribution in [2.75, 3.05) is 0 Å². The van der Waals surface area contributed by atoms with E-state index in [4.69, 9.17) is 4.78 Å². The van der Waals surface area contributed by atoms with Crippen molar-refractivity contribution in [3.8, 4) is 0 Å². The van der Waals surface area contributed by atoms with E-state index in [9.17, 15) is 0 Å². The van der Waals surface area contributed by atoms with Gasteiger partial charge in [0.25, 0.3) is 0 Å². The van der Waals surface area contributed by atoms with Gasteiger partial charge in [0.1, 0.15) is 0 Å². The summed E-state index contributed by atoms with van der Waals surface area (Å²) in [6, 6.07) is 0. The molecule has 0 aromatic rings. The number of hydrogen-bond donors (Lipinski definition) is 1. The largest absolute Gasteiger partial charge is 0.235 e. The minimum absolute atomic E-state index is 0. The Hall–Kier alpha value is 0.0200. The van der Waals surface area contributed by atoms with E-state index in [0.29, 0.717) is 0 Å². The molecule has 0 aromatic heterocycles.